The highest BCUT2D eigenvalue weighted by atomic mass is 16.2. The normalized spacial score (nSPS) is 21.8. The summed E-state index contributed by atoms with van der Waals surface area (Å²) < 4.78 is 0. The number of Topliss-reactive ketones (excluding diaryl/α,β-unsaturated/α-hetero) is 2. The van der Waals surface area contributed by atoms with E-state index in [1.807, 2.05) is 19.1 Å². The summed E-state index contributed by atoms with van der Waals surface area (Å²) in [6.45, 7) is 2.36. The van der Waals surface area contributed by atoms with Crippen LogP contribution in [0.2, 0.25) is 0 Å². The first kappa shape index (κ1) is 13.0. The summed E-state index contributed by atoms with van der Waals surface area (Å²) in [4.78, 5) is 37.2. The summed E-state index contributed by atoms with van der Waals surface area (Å²) in [5, 5.41) is 0. The molecule has 3 rings (SSSR count). The van der Waals surface area contributed by atoms with E-state index in [0.717, 1.165) is 18.4 Å². The van der Waals surface area contributed by atoms with Crippen LogP contribution in [0.1, 0.15) is 41.6 Å². The lowest BCUT2D eigenvalue weighted by molar-refractivity contribution is -0.121. The third-order valence-corrected chi connectivity index (χ3v) is 4.26. The molecule has 2 aliphatic rings. The standard InChI is InChI=1S/C16H17NO3/c1-10-5-6-13-12(9-10)15(19)16(20)17(13)8-7-11-3-2-4-14(11)18/h5-6,9,11H,2-4,7-8H2,1H3. The summed E-state index contributed by atoms with van der Waals surface area (Å²) in [5.41, 5.74) is 2.15. The van der Waals surface area contributed by atoms with Gasteiger partial charge >= 0.3 is 0 Å². The van der Waals surface area contributed by atoms with Crippen molar-refractivity contribution in [3.63, 3.8) is 0 Å². The molecule has 1 aliphatic carbocycles. The van der Waals surface area contributed by atoms with Crippen molar-refractivity contribution in [2.24, 2.45) is 5.92 Å². The van der Waals surface area contributed by atoms with Gasteiger partial charge in [-0.2, -0.15) is 0 Å². The second-order valence-electron chi connectivity index (χ2n) is 5.65. The molecule has 0 aromatic heterocycles. The van der Waals surface area contributed by atoms with Gasteiger partial charge < -0.3 is 4.90 Å². The van der Waals surface area contributed by atoms with E-state index in [1.54, 1.807) is 6.07 Å². The molecule has 20 heavy (non-hydrogen) atoms. The van der Waals surface area contributed by atoms with Gasteiger partial charge in [-0.25, -0.2) is 0 Å². The van der Waals surface area contributed by atoms with Gasteiger partial charge in [0, 0.05) is 18.9 Å². The molecule has 1 aromatic rings. The van der Waals surface area contributed by atoms with Crippen molar-refractivity contribution in [1.82, 2.24) is 0 Å². The summed E-state index contributed by atoms with van der Waals surface area (Å²) in [5.74, 6) is -0.531. The minimum atomic E-state index is -0.462. The van der Waals surface area contributed by atoms with Crippen LogP contribution >= 0.6 is 0 Å². The molecule has 1 amide bonds. The molecule has 0 N–H and O–H groups in total. The Hall–Kier alpha value is -1.97. The first-order valence-electron chi connectivity index (χ1n) is 7.07. The molecule has 0 radical (unpaired) electrons. The Kier molecular flexibility index (Phi) is 3.16. The first-order chi connectivity index (χ1) is 9.58. The van der Waals surface area contributed by atoms with E-state index >= 15 is 0 Å². The number of benzene rings is 1. The minimum absolute atomic E-state index is 0.0624. The van der Waals surface area contributed by atoms with Gasteiger partial charge in [0.05, 0.1) is 11.3 Å². The summed E-state index contributed by atoms with van der Waals surface area (Å²) >= 11 is 0. The molecule has 1 fully saturated rings. The predicted molar refractivity (Wildman–Crippen MR) is 74.8 cm³/mol. The monoisotopic (exact) mass is 271 g/mol. The number of hydrogen-bond donors (Lipinski definition) is 0. The van der Waals surface area contributed by atoms with E-state index in [9.17, 15) is 14.4 Å². The second-order valence-corrected chi connectivity index (χ2v) is 5.65. The SMILES string of the molecule is Cc1ccc2c(c1)C(=O)C(=O)N2CCC1CCCC1=O. The van der Waals surface area contributed by atoms with Crippen molar-refractivity contribution in [1.29, 1.82) is 0 Å². The van der Waals surface area contributed by atoms with Gasteiger partial charge in [-0.05, 0) is 38.3 Å². The van der Waals surface area contributed by atoms with Gasteiger partial charge in [-0.1, -0.05) is 11.6 Å². The minimum Gasteiger partial charge on any atom is -0.305 e. The van der Waals surface area contributed by atoms with Crippen LogP contribution in [0.3, 0.4) is 0 Å². The molecule has 4 nitrogen and oxygen atoms in total. The van der Waals surface area contributed by atoms with Crippen LogP contribution in [0, 0.1) is 12.8 Å². The molecule has 1 heterocycles. The number of nitrogens with zero attached hydrogens (tertiary/aromatic N) is 1. The number of amides is 1. The first-order valence-corrected chi connectivity index (χ1v) is 7.07. The summed E-state index contributed by atoms with van der Waals surface area (Å²) in [6.07, 6.45) is 3.18. The zero-order valence-corrected chi connectivity index (χ0v) is 11.5. The quantitative estimate of drug-likeness (QED) is 0.792. The smallest absolute Gasteiger partial charge is 0.299 e. The van der Waals surface area contributed by atoms with Crippen molar-refractivity contribution >= 4 is 23.2 Å². The number of carbonyl (C=O) groups is 3. The highest BCUT2D eigenvalue weighted by molar-refractivity contribution is 6.52. The van der Waals surface area contributed by atoms with Crippen molar-refractivity contribution in [3.05, 3.63) is 29.3 Å². The molecule has 1 aliphatic heterocycles. The Bertz CT molecular complexity index is 606. The summed E-state index contributed by atoms with van der Waals surface area (Å²) in [6, 6.07) is 5.48. The fourth-order valence-electron chi connectivity index (χ4n) is 3.11. The molecular weight excluding hydrogens is 254 g/mol. The van der Waals surface area contributed by atoms with Crippen LogP contribution in [0.15, 0.2) is 18.2 Å². The Morgan fingerprint density at radius 2 is 2.05 bits per heavy atom. The van der Waals surface area contributed by atoms with Gasteiger partial charge in [0.2, 0.25) is 0 Å². The molecule has 0 bridgehead atoms. The fraction of sp³-hybridized carbons (Fsp3) is 0.438. The number of anilines is 1. The second kappa shape index (κ2) is 4.85. The van der Waals surface area contributed by atoms with E-state index in [2.05, 4.69) is 0 Å². The van der Waals surface area contributed by atoms with Gasteiger partial charge in [-0.15, -0.1) is 0 Å². The molecule has 1 atom stereocenters. The highest BCUT2D eigenvalue weighted by Crippen LogP contribution is 2.31. The lowest BCUT2D eigenvalue weighted by Crippen LogP contribution is -2.32. The van der Waals surface area contributed by atoms with E-state index in [0.29, 0.717) is 36.4 Å². The van der Waals surface area contributed by atoms with Gasteiger partial charge in [-0.3, -0.25) is 14.4 Å². The third kappa shape index (κ3) is 2.05. The van der Waals surface area contributed by atoms with Crippen molar-refractivity contribution < 1.29 is 14.4 Å². The fourth-order valence-corrected chi connectivity index (χ4v) is 3.11. The Balaban J connectivity index is 1.79. The maximum Gasteiger partial charge on any atom is 0.299 e. The van der Waals surface area contributed by atoms with Crippen LogP contribution in [-0.4, -0.2) is 24.0 Å². The van der Waals surface area contributed by atoms with Gasteiger partial charge in [0.1, 0.15) is 5.78 Å². The van der Waals surface area contributed by atoms with Crippen LogP contribution in [-0.2, 0) is 9.59 Å². The van der Waals surface area contributed by atoms with Crippen molar-refractivity contribution in [3.8, 4) is 0 Å². The molecule has 104 valence electrons. The highest BCUT2D eigenvalue weighted by Gasteiger charge is 2.36. The van der Waals surface area contributed by atoms with E-state index in [-0.39, 0.29) is 5.92 Å². The van der Waals surface area contributed by atoms with Crippen LogP contribution in [0.5, 0.6) is 0 Å². The van der Waals surface area contributed by atoms with Crippen LogP contribution < -0.4 is 4.90 Å². The molecule has 0 saturated heterocycles. The molecule has 1 aromatic carbocycles. The molecule has 4 heteroatoms. The average Bonchev–Trinajstić information content (AvgIpc) is 2.93. The average molecular weight is 271 g/mol. The van der Waals surface area contributed by atoms with Crippen LogP contribution in [0.25, 0.3) is 0 Å². The van der Waals surface area contributed by atoms with Crippen molar-refractivity contribution in [2.75, 3.05) is 11.4 Å². The Morgan fingerprint density at radius 3 is 2.75 bits per heavy atom. The van der Waals surface area contributed by atoms with E-state index in [1.165, 1.54) is 4.90 Å². The number of fused-ring (bicyclic) bond motifs is 1. The maximum atomic E-state index is 12.1. The zero-order chi connectivity index (χ0) is 14.3. The molecule has 0 spiro atoms. The number of rotatable bonds is 3. The number of aryl methyl sites for hydroxylation is 1. The number of carbonyl (C=O) groups excluding carboxylic acids is 3. The topological polar surface area (TPSA) is 54.5 Å². The maximum absolute atomic E-state index is 12.1. The lowest BCUT2D eigenvalue weighted by Gasteiger charge is -2.18. The van der Waals surface area contributed by atoms with Gasteiger partial charge in [0.25, 0.3) is 11.7 Å². The molecular formula is C16H17NO3. The zero-order valence-electron chi connectivity index (χ0n) is 11.5. The van der Waals surface area contributed by atoms with Gasteiger partial charge in [0.15, 0.2) is 0 Å². The van der Waals surface area contributed by atoms with E-state index in [4.69, 9.17) is 0 Å². The number of hydrogen-bond acceptors (Lipinski definition) is 3. The van der Waals surface area contributed by atoms with Crippen molar-refractivity contribution in [2.45, 2.75) is 32.6 Å². The predicted octanol–water partition coefficient (Wildman–Crippen LogP) is 2.28. The Morgan fingerprint density at radius 1 is 1.25 bits per heavy atom. The Labute approximate surface area is 117 Å². The lowest BCUT2D eigenvalue weighted by atomic mass is 10.0. The molecule has 1 saturated carbocycles. The largest absolute Gasteiger partial charge is 0.305 e. The third-order valence-electron chi connectivity index (χ3n) is 4.26. The summed E-state index contributed by atoms with van der Waals surface area (Å²) in [7, 11) is 0. The van der Waals surface area contributed by atoms with Crippen LogP contribution in [0.4, 0.5) is 5.69 Å². The number of ketones is 2. The molecule has 1 unspecified atom stereocenters. The van der Waals surface area contributed by atoms with E-state index < -0.39 is 11.7 Å².